The Labute approximate surface area is 241 Å². The quantitative estimate of drug-likeness (QED) is 0.398. The first-order valence-electron chi connectivity index (χ1n) is 13.8. The predicted octanol–water partition coefficient (Wildman–Crippen LogP) is 2.39. The van der Waals surface area contributed by atoms with E-state index in [2.05, 4.69) is 10.6 Å². The van der Waals surface area contributed by atoms with Crippen molar-refractivity contribution in [2.75, 3.05) is 39.5 Å². The number of rotatable bonds is 8. The zero-order valence-electron chi connectivity index (χ0n) is 23.9. The molecule has 2 aliphatic rings. The Kier molecular flexibility index (Phi) is 9.70. The molecule has 2 aromatic rings. The molecule has 2 heterocycles. The summed E-state index contributed by atoms with van der Waals surface area (Å²) < 4.78 is 43.3. The molecule has 1 atom stereocenters. The lowest BCUT2D eigenvalue weighted by atomic mass is 9.88. The molecule has 0 radical (unpaired) electrons. The Morgan fingerprint density at radius 1 is 0.951 bits per heavy atom. The van der Waals surface area contributed by atoms with E-state index in [1.54, 1.807) is 45.0 Å². The molecule has 4 rings (SSSR count). The molecule has 224 valence electrons. The average Bonchev–Trinajstić information content (AvgIpc) is 2.93. The molecule has 0 bridgehead atoms. The number of hydrogen-bond acceptors (Lipinski definition) is 8. The molecule has 2 saturated heterocycles. The number of nitrogens with two attached hydrogens (primary N) is 1. The van der Waals surface area contributed by atoms with Crippen LogP contribution in [0.4, 0.5) is 4.79 Å². The van der Waals surface area contributed by atoms with E-state index < -0.39 is 33.4 Å². The van der Waals surface area contributed by atoms with Crippen LogP contribution in [0.25, 0.3) is 11.1 Å². The van der Waals surface area contributed by atoms with Gasteiger partial charge in [-0.2, -0.15) is 4.31 Å². The summed E-state index contributed by atoms with van der Waals surface area (Å²) in [6, 6.07) is 14.5. The third-order valence-electron chi connectivity index (χ3n) is 7.04. The van der Waals surface area contributed by atoms with Crippen molar-refractivity contribution in [2.45, 2.75) is 62.2 Å². The maximum Gasteiger partial charge on any atom is 0.408 e. The molecule has 0 aromatic heterocycles. The van der Waals surface area contributed by atoms with E-state index in [-0.39, 0.29) is 10.8 Å². The number of carbonyl (C=O) groups excluding carboxylic acids is 2. The Hall–Kier alpha value is -3.03. The van der Waals surface area contributed by atoms with Crippen LogP contribution in [-0.2, 0) is 35.4 Å². The fraction of sp³-hybridized carbons (Fsp3) is 0.517. The molecule has 2 aromatic carbocycles. The summed E-state index contributed by atoms with van der Waals surface area (Å²) >= 11 is 0. The fourth-order valence-corrected chi connectivity index (χ4v) is 6.24. The number of alkyl carbamates (subject to hydrolysis) is 1. The molecule has 2 fully saturated rings. The van der Waals surface area contributed by atoms with Gasteiger partial charge in [-0.05, 0) is 49.6 Å². The molecule has 11 nitrogen and oxygen atoms in total. The minimum Gasteiger partial charge on any atom is -0.444 e. The highest BCUT2D eigenvalue weighted by atomic mass is 32.2. The number of sulfonamides is 1. The molecule has 4 N–H and O–H groups in total. The molecule has 0 spiro atoms. The van der Waals surface area contributed by atoms with Crippen LogP contribution in [0.3, 0.4) is 0 Å². The van der Waals surface area contributed by atoms with Crippen molar-refractivity contribution >= 4 is 22.0 Å². The summed E-state index contributed by atoms with van der Waals surface area (Å²) in [5.41, 5.74) is 7.15. The third kappa shape index (κ3) is 8.04. The first kappa shape index (κ1) is 30.9. The smallest absolute Gasteiger partial charge is 0.408 e. The van der Waals surface area contributed by atoms with Crippen molar-refractivity contribution < 1.29 is 32.2 Å². The summed E-state index contributed by atoms with van der Waals surface area (Å²) in [5, 5.41) is 5.61. The van der Waals surface area contributed by atoms with Gasteiger partial charge >= 0.3 is 6.09 Å². The number of morpholine rings is 1. The number of hydrogen-bond donors (Lipinski definition) is 3. The van der Waals surface area contributed by atoms with Crippen molar-refractivity contribution in [2.24, 2.45) is 5.73 Å². The first-order valence-corrected chi connectivity index (χ1v) is 15.2. The van der Waals surface area contributed by atoms with Crippen LogP contribution in [0.2, 0.25) is 0 Å². The Morgan fingerprint density at radius 3 is 2.05 bits per heavy atom. The second-order valence-corrected chi connectivity index (χ2v) is 13.3. The van der Waals surface area contributed by atoms with Gasteiger partial charge in [0.2, 0.25) is 15.9 Å². The number of carbonyl (C=O) groups is 2. The summed E-state index contributed by atoms with van der Waals surface area (Å²) in [5.74, 6) is -0.372. The second-order valence-electron chi connectivity index (χ2n) is 11.3. The molecule has 2 aliphatic heterocycles. The third-order valence-corrected chi connectivity index (χ3v) is 8.96. The van der Waals surface area contributed by atoms with E-state index in [1.807, 2.05) is 24.3 Å². The Balaban J connectivity index is 1.36. The minimum atomic E-state index is -3.55. The number of nitrogens with zero attached hydrogens (tertiary/aromatic N) is 1. The number of ether oxygens (including phenoxy) is 3. The Bertz CT molecular complexity index is 1300. The summed E-state index contributed by atoms with van der Waals surface area (Å²) in [6.45, 7) is 7.45. The van der Waals surface area contributed by atoms with Gasteiger partial charge in [0, 0.05) is 45.6 Å². The zero-order valence-corrected chi connectivity index (χ0v) is 24.7. The SMILES string of the molecule is CC(C)(C)OC(=O)NC1(C(=O)N[C@H](N)Cc2ccc(-c3ccc(S(=O)(=O)N4CCOCC4)cc3)cc2)CCOCC1. The van der Waals surface area contributed by atoms with Crippen LogP contribution < -0.4 is 16.4 Å². The highest BCUT2D eigenvalue weighted by Crippen LogP contribution is 2.25. The Morgan fingerprint density at radius 2 is 1.49 bits per heavy atom. The molecule has 0 aliphatic carbocycles. The van der Waals surface area contributed by atoms with Crippen molar-refractivity contribution in [1.82, 2.24) is 14.9 Å². The lowest BCUT2D eigenvalue weighted by molar-refractivity contribution is -0.132. The summed E-state index contributed by atoms with van der Waals surface area (Å²) in [4.78, 5) is 26.0. The van der Waals surface area contributed by atoms with E-state index in [9.17, 15) is 18.0 Å². The fourth-order valence-electron chi connectivity index (χ4n) is 4.83. The average molecular weight is 589 g/mol. The van der Waals surface area contributed by atoms with Crippen LogP contribution >= 0.6 is 0 Å². The molecular formula is C29H40N4O7S. The standard InChI is InChI=1S/C29H40N4O7S/c1-28(2,3)40-27(35)32-29(12-16-38-17-13-29)26(34)31-25(30)20-21-4-6-22(7-5-21)23-8-10-24(11-9-23)41(36,37)33-14-18-39-19-15-33/h4-11,25H,12-20,30H2,1-3H3,(H,31,34)(H,32,35)/t25-/m0/s1. The zero-order chi connectivity index (χ0) is 29.7. The van der Waals surface area contributed by atoms with Crippen LogP contribution in [0.15, 0.2) is 53.4 Å². The lowest BCUT2D eigenvalue weighted by Crippen LogP contribution is -2.64. The van der Waals surface area contributed by atoms with E-state index in [1.165, 1.54) is 4.31 Å². The molecule has 0 saturated carbocycles. The molecule has 0 unspecified atom stereocenters. The van der Waals surface area contributed by atoms with Gasteiger partial charge in [0.05, 0.1) is 24.3 Å². The number of benzene rings is 2. The van der Waals surface area contributed by atoms with Gasteiger partial charge in [-0.15, -0.1) is 0 Å². The molecular weight excluding hydrogens is 548 g/mol. The second kappa shape index (κ2) is 12.9. The van der Waals surface area contributed by atoms with Crippen molar-refractivity contribution in [3.63, 3.8) is 0 Å². The monoisotopic (exact) mass is 588 g/mol. The van der Waals surface area contributed by atoms with Crippen LogP contribution in [-0.4, -0.2) is 81.5 Å². The van der Waals surface area contributed by atoms with Crippen LogP contribution in [0.5, 0.6) is 0 Å². The van der Waals surface area contributed by atoms with Gasteiger partial charge in [-0.3, -0.25) is 4.79 Å². The maximum atomic E-state index is 13.3. The van der Waals surface area contributed by atoms with Gasteiger partial charge in [-0.25, -0.2) is 13.2 Å². The predicted molar refractivity (Wildman–Crippen MR) is 153 cm³/mol. The van der Waals surface area contributed by atoms with Crippen LogP contribution in [0.1, 0.15) is 39.2 Å². The number of amides is 2. The van der Waals surface area contributed by atoms with Gasteiger partial charge < -0.3 is 30.6 Å². The van der Waals surface area contributed by atoms with E-state index in [4.69, 9.17) is 19.9 Å². The van der Waals surface area contributed by atoms with Crippen molar-refractivity contribution in [3.05, 3.63) is 54.1 Å². The largest absolute Gasteiger partial charge is 0.444 e. The van der Waals surface area contributed by atoms with Gasteiger partial charge in [0.25, 0.3) is 0 Å². The van der Waals surface area contributed by atoms with Crippen molar-refractivity contribution in [3.8, 4) is 11.1 Å². The first-order chi connectivity index (χ1) is 19.4. The van der Waals surface area contributed by atoms with E-state index in [0.29, 0.717) is 58.8 Å². The maximum absolute atomic E-state index is 13.3. The molecule has 41 heavy (non-hydrogen) atoms. The molecule has 2 amide bonds. The minimum absolute atomic E-state index is 0.255. The van der Waals surface area contributed by atoms with Crippen LogP contribution in [0, 0.1) is 0 Å². The van der Waals surface area contributed by atoms with E-state index >= 15 is 0 Å². The summed E-state index contributed by atoms with van der Waals surface area (Å²) in [7, 11) is -3.55. The lowest BCUT2D eigenvalue weighted by Gasteiger charge is -2.37. The van der Waals surface area contributed by atoms with Gasteiger partial charge in [0.15, 0.2) is 0 Å². The number of nitrogens with one attached hydrogen (secondary N) is 2. The van der Waals surface area contributed by atoms with Gasteiger partial charge in [0.1, 0.15) is 11.1 Å². The normalized spacial score (nSPS) is 18.7. The summed E-state index contributed by atoms with van der Waals surface area (Å²) in [6.07, 6.45) is -0.344. The highest BCUT2D eigenvalue weighted by molar-refractivity contribution is 7.89. The van der Waals surface area contributed by atoms with E-state index in [0.717, 1.165) is 16.7 Å². The molecule has 12 heteroatoms. The van der Waals surface area contributed by atoms with Crippen molar-refractivity contribution in [1.29, 1.82) is 0 Å². The van der Waals surface area contributed by atoms with Gasteiger partial charge in [-0.1, -0.05) is 36.4 Å². The highest BCUT2D eigenvalue weighted by Gasteiger charge is 2.43. The topological polar surface area (TPSA) is 149 Å².